The van der Waals surface area contributed by atoms with Crippen LogP contribution in [0.3, 0.4) is 0 Å². The third-order valence-electron chi connectivity index (χ3n) is 4.68. The highest BCUT2D eigenvalue weighted by Crippen LogP contribution is 2.37. The van der Waals surface area contributed by atoms with E-state index < -0.39 is 5.97 Å². The van der Waals surface area contributed by atoms with E-state index in [9.17, 15) is 9.59 Å². The molecule has 0 aromatic heterocycles. The van der Waals surface area contributed by atoms with Crippen molar-refractivity contribution in [3.8, 4) is 11.5 Å². The number of esters is 1. The summed E-state index contributed by atoms with van der Waals surface area (Å²) in [5.74, 6) is 0.272. The molecule has 0 N–H and O–H groups in total. The number of rotatable bonds is 6. The fourth-order valence-electron chi connectivity index (χ4n) is 3.29. The van der Waals surface area contributed by atoms with Crippen LogP contribution in [0.25, 0.3) is 6.08 Å². The highest BCUT2D eigenvalue weighted by molar-refractivity contribution is 9.10. The van der Waals surface area contributed by atoms with Crippen LogP contribution in [0, 0.1) is 0 Å². The second kappa shape index (κ2) is 9.17. The smallest absolute Gasteiger partial charge is 0.340 e. The molecule has 30 heavy (non-hydrogen) atoms. The summed E-state index contributed by atoms with van der Waals surface area (Å²) in [6, 6.07) is 12.6. The van der Waals surface area contributed by atoms with Gasteiger partial charge in [0.15, 0.2) is 11.5 Å². The van der Waals surface area contributed by atoms with Gasteiger partial charge in [-0.2, -0.15) is 0 Å². The molecule has 0 spiro atoms. The van der Waals surface area contributed by atoms with Gasteiger partial charge in [0.05, 0.1) is 32.0 Å². The van der Waals surface area contributed by atoms with Gasteiger partial charge < -0.3 is 14.2 Å². The molecule has 1 aliphatic heterocycles. The zero-order valence-electron chi connectivity index (χ0n) is 17.2. The van der Waals surface area contributed by atoms with E-state index in [1.807, 2.05) is 24.3 Å². The fraction of sp³-hybridized carbons (Fsp3) is 0.217. The number of ether oxygens (including phenoxy) is 3. The number of methoxy groups -OCH3 is 2. The molecule has 0 fully saturated rings. The average Bonchev–Trinajstić information content (AvgIpc) is 2.98. The molecule has 1 amide bonds. The number of anilines is 1. The van der Waals surface area contributed by atoms with Crippen molar-refractivity contribution in [2.24, 2.45) is 0 Å². The van der Waals surface area contributed by atoms with Crippen LogP contribution in [0.4, 0.5) is 5.69 Å². The first-order valence-electron chi connectivity index (χ1n) is 9.33. The van der Waals surface area contributed by atoms with Gasteiger partial charge in [0, 0.05) is 15.9 Å². The SMILES string of the molecule is CCOC(=O)C1=C(C)N(c2ccc(Br)cc2)C(=O)C1=Cc1ccc(OC)c(OC)c1. The number of amides is 1. The lowest BCUT2D eigenvalue weighted by molar-refractivity contribution is -0.138. The number of allylic oxidation sites excluding steroid dienone is 1. The van der Waals surface area contributed by atoms with Crippen molar-refractivity contribution in [3.63, 3.8) is 0 Å². The van der Waals surface area contributed by atoms with Crippen LogP contribution in [-0.4, -0.2) is 32.7 Å². The van der Waals surface area contributed by atoms with Gasteiger partial charge >= 0.3 is 5.97 Å². The molecule has 1 aliphatic rings. The number of hydrogen-bond acceptors (Lipinski definition) is 5. The summed E-state index contributed by atoms with van der Waals surface area (Å²) < 4.78 is 16.7. The van der Waals surface area contributed by atoms with Crippen LogP contribution in [0.15, 0.2) is 63.8 Å². The lowest BCUT2D eigenvalue weighted by atomic mass is 10.0. The molecular formula is C23H22BrNO5. The number of hydrogen-bond donors (Lipinski definition) is 0. The maximum atomic E-state index is 13.3. The van der Waals surface area contributed by atoms with Crippen LogP contribution in [0.1, 0.15) is 19.4 Å². The van der Waals surface area contributed by atoms with E-state index in [2.05, 4.69) is 15.9 Å². The van der Waals surface area contributed by atoms with Crippen molar-refractivity contribution in [1.82, 2.24) is 0 Å². The lowest BCUT2D eigenvalue weighted by Crippen LogP contribution is -2.24. The monoisotopic (exact) mass is 471 g/mol. The molecule has 0 saturated heterocycles. The van der Waals surface area contributed by atoms with Gasteiger partial charge in [-0.05, 0) is 61.9 Å². The zero-order chi connectivity index (χ0) is 21.8. The number of carbonyl (C=O) groups is 2. The van der Waals surface area contributed by atoms with Crippen molar-refractivity contribution < 1.29 is 23.8 Å². The summed E-state index contributed by atoms with van der Waals surface area (Å²) >= 11 is 3.40. The van der Waals surface area contributed by atoms with Gasteiger partial charge in [0.1, 0.15) is 0 Å². The Hall–Kier alpha value is -3.06. The Morgan fingerprint density at radius 2 is 1.73 bits per heavy atom. The van der Waals surface area contributed by atoms with E-state index in [1.165, 1.54) is 4.90 Å². The van der Waals surface area contributed by atoms with Crippen molar-refractivity contribution in [2.75, 3.05) is 25.7 Å². The molecule has 0 atom stereocenters. The third-order valence-corrected chi connectivity index (χ3v) is 5.21. The highest BCUT2D eigenvalue weighted by Gasteiger charge is 2.38. The van der Waals surface area contributed by atoms with E-state index in [0.717, 1.165) is 4.47 Å². The molecular weight excluding hydrogens is 450 g/mol. The van der Waals surface area contributed by atoms with Crippen LogP contribution in [-0.2, 0) is 14.3 Å². The van der Waals surface area contributed by atoms with E-state index in [1.54, 1.807) is 52.3 Å². The highest BCUT2D eigenvalue weighted by atomic mass is 79.9. The Bertz CT molecular complexity index is 1040. The quantitative estimate of drug-likeness (QED) is 0.449. The van der Waals surface area contributed by atoms with E-state index >= 15 is 0 Å². The number of nitrogens with zero attached hydrogens (tertiary/aromatic N) is 1. The molecule has 0 saturated carbocycles. The summed E-state index contributed by atoms with van der Waals surface area (Å²) in [4.78, 5) is 27.6. The normalized spacial score (nSPS) is 15.0. The first-order chi connectivity index (χ1) is 14.4. The van der Waals surface area contributed by atoms with Gasteiger partial charge in [-0.3, -0.25) is 9.69 Å². The van der Waals surface area contributed by atoms with Gasteiger partial charge in [-0.15, -0.1) is 0 Å². The number of halogens is 1. The molecule has 6 nitrogen and oxygen atoms in total. The summed E-state index contributed by atoms with van der Waals surface area (Å²) in [5, 5.41) is 0. The molecule has 3 rings (SSSR count). The average molecular weight is 472 g/mol. The van der Waals surface area contributed by atoms with E-state index in [4.69, 9.17) is 14.2 Å². The Labute approximate surface area is 183 Å². The fourth-order valence-corrected chi connectivity index (χ4v) is 3.56. The van der Waals surface area contributed by atoms with Gasteiger partial charge in [0.2, 0.25) is 0 Å². The summed E-state index contributed by atoms with van der Waals surface area (Å²) in [5.41, 5.74) is 2.40. The zero-order valence-corrected chi connectivity index (χ0v) is 18.8. The predicted octanol–water partition coefficient (Wildman–Crippen LogP) is 4.73. The van der Waals surface area contributed by atoms with Gasteiger partial charge in [-0.1, -0.05) is 22.0 Å². The first-order valence-corrected chi connectivity index (χ1v) is 10.1. The lowest BCUT2D eigenvalue weighted by Gasteiger charge is -2.18. The molecule has 0 unspecified atom stereocenters. The van der Waals surface area contributed by atoms with Crippen LogP contribution < -0.4 is 14.4 Å². The van der Waals surface area contributed by atoms with Crippen LogP contribution in [0.2, 0.25) is 0 Å². The largest absolute Gasteiger partial charge is 0.493 e. The molecule has 0 bridgehead atoms. The van der Waals surface area contributed by atoms with Crippen molar-refractivity contribution in [3.05, 3.63) is 69.3 Å². The Morgan fingerprint density at radius 1 is 1.07 bits per heavy atom. The minimum atomic E-state index is -0.533. The maximum Gasteiger partial charge on any atom is 0.340 e. The van der Waals surface area contributed by atoms with Gasteiger partial charge in [-0.25, -0.2) is 4.79 Å². The van der Waals surface area contributed by atoms with E-state index in [0.29, 0.717) is 28.4 Å². The summed E-state index contributed by atoms with van der Waals surface area (Å²) in [6.45, 7) is 3.68. The second-order valence-electron chi connectivity index (χ2n) is 6.47. The Morgan fingerprint density at radius 3 is 2.33 bits per heavy atom. The second-order valence-corrected chi connectivity index (χ2v) is 7.39. The molecule has 2 aromatic carbocycles. The third kappa shape index (κ3) is 4.11. The van der Waals surface area contributed by atoms with Crippen LogP contribution >= 0.6 is 15.9 Å². The Kier molecular flexibility index (Phi) is 6.62. The molecule has 0 radical (unpaired) electrons. The molecule has 156 valence electrons. The van der Waals surface area contributed by atoms with E-state index in [-0.39, 0.29) is 23.7 Å². The standard InChI is InChI=1S/C23H22BrNO5/c1-5-30-23(27)21-14(2)25(17-9-7-16(24)8-10-17)22(26)18(21)12-15-6-11-19(28-3)20(13-15)29-4/h6-13H,5H2,1-4H3. The summed E-state index contributed by atoms with van der Waals surface area (Å²) in [6.07, 6.45) is 1.67. The van der Waals surface area contributed by atoms with Crippen molar-refractivity contribution in [2.45, 2.75) is 13.8 Å². The molecule has 7 heteroatoms. The van der Waals surface area contributed by atoms with Gasteiger partial charge in [0.25, 0.3) is 5.91 Å². The molecule has 2 aromatic rings. The number of benzene rings is 2. The maximum absolute atomic E-state index is 13.3. The first kappa shape index (κ1) is 21.6. The molecule has 1 heterocycles. The minimum Gasteiger partial charge on any atom is -0.493 e. The van der Waals surface area contributed by atoms with Crippen LogP contribution in [0.5, 0.6) is 11.5 Å². The van der Waals surface area contributed by atoms with Crippen molar-refractivity contribution >= 4 is 39.6 Å². The topological polar surface area (TPSA) is 65.1 Å². The van der Waals surface area contributed by atoms with Crippen molar-refractivity contribution in [1.29, 1.82) is 0 Å². The minimum absolute atomic E-state index is 0.214. The summed E-state index contributed by atoms with van der Waals surface area (Å²) in [7, 11) is 3.09. The predicted molar refractivity (Wildman–Crippen MR) is 118 cm³/mol. The molecule has 0 aliphatic carbocycles. The number of carbonyl (C=O) groups excluding carboxylic acids is 2. The Balaban J connectivity index is 2.12.